The molecular formula is C15H20ClNO. The summed E-state index contributed by atoms with van der Waals surface area (Å²) < 4.78 is 5.45. The minimum absolute atomic E-state index is 0.651. The van der Waals surface area contributed by atoms with Crippen molar-refractivity contribution in [3.8, 4) is 5.75 Å². The van der Waals surface area contributed by atoms with Crippen molar-refractivity contribution in [2.75, 3.05) is 11.9 Å². The van der Waals surface area contributed by atoms with Gasteiger partial charge >= 0.3 is 0 Å². The zero-order valence-electron chi connectivity index (χ0n) is 10.8. The molecule has 3 rings (SSSR count). The van der Waals surface area contributed by atoms with Gasteiger partial charge in [0.15, 0.2) is 0 Å². The molecule has 2 aliphatic carbocycles. The van der Waals surface area contributed by atoms with Crippen molar-refractivity contribution in [3.05, 3.63) is 23.2 Å². The summed E-state index contributed by atoms with van der Waals surface area (Å²) in [4.78, 5) is 0. The third kappa shape index (κ3) is 2.31. The smallest absolute Gasteiger partial charge is 0.138 e. The van der Waals surface area contributed by atoms with E-state index in [1.165, 1.54) is 25.7 Å². The van der Waals surface area contributed by atoms with Crippen molar-refractivity contribution >= 4 is 17.3 Å². The first-order valence-corrected chi connectivity index (χ1v) is 7.33. The lowest BCUT2D eigenvalue weighted by atomic mass is 9.95. The van der Waals surface area contributed by atoms with Crippen molar-refractivity contribution in [3.63, 3.8) is 0 Å². The van der Waals surface area contributed by atoms with Crippen LogP contribution in [0.3, 0.4) is 0 Å². The fourth-order valence-electron chi connectivity index (χ4n) is 3.50. The second-order valence-corrected chi connectivity index (χ2v) is 5.91. The number of benzene rings is 1. The number of rotatable bonds is 4. The predicted octanol–water partition coefficient (Wildman–Crippen LogP) is 4.34. The first-order chi connectivity index (χ1) is 8.76. The highest BCUT2D eigenvalue weighted by atomic mass is 35.5. The van der Waals surface area contributed by atoms with Gasteiger partial charge in [-0.15, -0.1) is 0 Å². The molecule has 98 valence electrons. The van der Waals surface area contributed by atoms with E-state index in [0.29, 0.717) is 17.7 Å². The Morgan fingerprint density at radius 1 is 1.33 bits per heavy atom. The quantitative estimate of drug-likeness (QED) is 0.874. The minimum atomic E-state index is 0.651. The summed E-state index contributed by atoms with van der Waals surface area (Å²) in [5.74, 6) is 2.61. The van der Waals surface area contributed by atoms with Gasteiger partial charge in [-0.2, -0.15) is 0 Å². The molecule has 0 aromatic heterocycles. The molecule has 0 radical (unpaired) electrons. The normalized spacial score (nSPS) is 29.6. The van der Waals surface area contributed by atoms with E-state index in [0.717, 1.165) is 23.3 Å². The van der Waals surface area contributed by atoms with Crippen LogP contribution in [0.1, 0.15) is 32.6 Å². The molecule has 1 aromatic rings. The molecule has 2 fully saturated rings. The van der Waals surface area contributed by atoms with Crippen molar-refractivity contribution < 1.29 is 4.74 Å². The minimum Gasteiger partial charge on any atom is -0.492 e. The second-order valence-electron chi connectivity index (χ2n) is 5.50. The number of halogens is 1. The molecule has 1 aromatic carbocycles. The Morgan fingerprint density at radius 2 is 2.22 bits per heavy atom. The van der Waals surface area contributed by atoms with Crippen LogP contribution in [0.2, 0.25) is 5.02 Å². The lowest BCUT2D eigenvalue weighted by Gasteiger charge is -2.24. The van der Waals surface area contributed by atoms with Crippen molar-refractivity contribution in [1.29, 1.82) is 0 Å². The number of nitrogens with one attached hydrogen (secondary N) is 1. The van der Waals surface area contributed by atoms with Crippen molar-refractivity contribution in [2.24, 2.45) is 11.8 Å². The first kappa shape index (κ1) is 12.2. The van der Waals surface area contributed by atoms with E-state index in [2.05, 4.69) is 11.4 Å². The average Bonchev–Trinajstić information content (AvgIpc) is 2.95. The largest absolute Gasteiger partial charge is 0.492 e. The van der Waals surface area contributed by atoms with Gasteiger partial charge in [0.25, 0.3) is 0 Å². The van der Waals surface area contributed by atoms with Gasteiger partial charge in [-0.3, -0.25) is 0 Å². The van der Waals surface area contributed by atoms with Crippen LogP contribution in [-0.4, -0.2) is 12.6 Å². The van der Waals surface area contributed by atoms with Crippen LogP contribution < -0.4 is 10.1 Å². The Kier molecular flexibility index (Phi) is 3.38. The lowest BCUT2D eigenvalue weighted by Crippen LogP contribution is -2.25. The van der Waals surface area contributed by atoms with E-state index < -0.39 is 0 Å². The Hall–Kier alpha value is -0.890. The number of hydrogen-bond donors (Lipinski definition) is 1. The van der Waals surface area contributed by atoms with Crippen LogP contribution in [-0.2, 0) is 0 Å². The molecular weight excluding hydrogens is 246 g/mol. The molecule has 3 heteroatoms. The maximum Gasteiger partial charge on any atom is 0.138 e. The highest BCUT2D eigenvalue weighted by Crippen LogP contribution is 2.45. The van der Waals surface area contributed by atoms with Gasteiger partial charge < -0.3 is 10.1 Å². The van der Waals surface area contributed by atoms with E-state index >= 15 is 0 Å². The van der Waals surface area contributed by atoms with Gasteiger partial charge in [0, 0.05) is 11.7 Å². The first-order valence-electron chi connectivity index (χ1n) is 6.95. The number of ether oxygens (including phenoxy) is 1. The zero-order valence-corrected chi connectivity index (χ0v) is 11.5. The molecule has 3 atom stereocenters. The molecule has 2 aliphatic rings. The Morgan fingerprint density at radius 3 is 2.83 bits per heavy atom. The lowest BCUT2D eigenvalue weighted by molar-refractivity contribution is 0.340. The zero-order chi connectivity index (χ0) is 12.5. The van der Waals surface area contributed by atoms with Crippen LogP contribution in [0.4, 0.5) is 5.69 Å². The van der Waals surface area contributed by atoms with Gasteiger partial charge in [-0.25, -0.2) is 0 Å². The highest BCUT2D eigenvalue weighted by molar-refractivity contribution is 6.32. The molecule has 18 heavy (non-hydrogen) atoms. The number of anilines is 1. The molecule has 2 nitrogen and oxygen atoms in total. The summed E-state index contributed by atoms with van der Waals surface area (Å²) >= 11 is 6.21. The summed E-state index contributed by atoms with van der Waals surface area (Å²) in [7, 11) is 0. The van der Waals surface area contributed by atoms with E-state index in [9.17, 15) is 0 Å². The van der Waals surface area contributed by atoms with E-state index in [4.69, 9.17) is 16.3 Å². The van der Waals surface area contributed by atoms with Gasteiger partial charge in [-0.05, 0) is 56.2 Å². The standard InChI is InChI=1S/C15H20ClNO/c1-2-18-15-6-5-12(9-13(15)16)17-14-8-10-3-4-11(14)7-10/h5-6,9-11,14,17H,2-4,7-8H2,1H3. The van der Waals surface area contributed by atoms with Crippen LogP contribution in [0.15, 0.2) is 18.2 Å². The summed E-state index contributed by atoms with van der Waals surface area (Å²) in [6, 6.07) is 6.67. The molecule has 1 N–H and O–H groups in total. The summed E-state index contributed by atoms with van der Waals surface area (Å²) in [6.07, 6.45) is 5.58. The third-order valence-corrected chi connectivity index (χ3v) is 4.62. The fourth-order valence-corrected chi connectivity index (χ4v) is 3.73. The van der Waals surface area contributed by atoms with E-state index in [1.807, 2.05) is 19.1 Å². The maximum absolute atomic E-state index is 6.21. The molecule has 2 bridgehead atoms. The number of fused-ring (bicyclic) bond motifs is 2. The van der Waals surface area contributed by atoms with Gasteiger partial charge in [-0.1, -0.05) is 18.0 Å². The topological polar surface area (TPSA) is 21.3 Å². The maximum atomic E-state index is 6.21. The molecule has 0 amide bonds. The Bertz CT molecular complexity index is 435. The Labute approximate surface area is 114 Å². The van der Waals surface area contributed by atoms with E-state index in [1.54, 1.807) is 0 Å². The van der Waals surface area contributed by atoms with Crippen LogP contribution in [0, 0.1) is 11.8 Å². The summed E-state index contributed by atoms with van der Waals surface area (Å²) in [5.41, 5.74) is 1.13. The van der Waals surface area contributed by atoms with Crippen LogP contribution in [0.25, 0.3) is 0 Å². The van der Waals surface area contributed by atoms with Gasteiger partial charge in [0.2, 0.25) is 0 Å². The third-order valence-electron chi connectivity index (χ3n) is 4.32. The number of hydrogen-bond acceptors (Lipinski definition) is 2. The molecule has 3 unspecified atom stereocenters. The highest BCUT2D eigenvalue weighted by Gasteiger charge is 2.39. The fraction of sp³-hybridized carbons (Fsp3) is 0.600. The SMILES string of the molecule is CCOc1ccc(NC2CC3CCC2C3)cc1Cl. The van der Waals surface area contributed by atoms with Crippen LogP contribution >= 0.6 is 11.6 Å². The van der Waals surface area contributed by atoms with Crippen LogP contribution in [0.5, 0.6) is 5.75 Å². The predicted molar refractivity (Wildman–Crippen MR) is 75.5 cm³/mol. The van der Waals surface area contributed by atoms with Crippen molar-refractivity contribution in [2.45, 2.75) is 38.6 Å². The summed E-state index contributed by atoms with van der Waals surface area (Å²) in [6.45, 7) is 2.62. The molecule has 0 aliphatic heterocycles. The average molecular weight is 266 g/mol. The van der Waals surface area contributed by atoms with Gasteiger partial charge in [0.05, 0.1) is 11.6 Å². The summed E-state index contributed by atoms with van der Waals surface area (Å²) in [5, 5.41) is 4.34. The second kappa shape index (κ2) is 5.00. The van der Waals surface area contributed by atoms with E-state index in [-0.39, 0.29) is 0 Å². The molecule has 0 saturated heterocycles. The molecule has 0 heterocycles. The Balaban J connectivity index is 1.68. The molecule has 2 saturated carbocycles. The monoisotopic (exact) mass is 265 g/mol. The van der Waals surface area contributed by atoms with Crippen molar-refractivity contribution in [1.82, 2.24) is 0 Å². The molecule has 0 spiro atoms. The van der Waals surface area contributed by atoms with Gasteiger partial charge in [0.1, 0.15) is 5.75 Å².